The van der Waals surface area contributed by atoms with E-state index in [0.717, 1.165) is 28.7 Å². The Morgan fingerprint density at radius 1 is 1.15 bits per heavy atom. The zero-order valence-electron chi connectivity index (χ0n) is 10.7. The number of nitrogens with one attached hydrogen (secondary N) is 1. The van der Waals surface area contributed by atoms with Crippen molar-refractivity contribution in [2.24, 2.45) is 11.1 Å². The molecular weight excluding hydrogens is 254 g/mol. The van der Waals surface area contributed by atoms with Gasteiger partial charge in [0.25, 0.3) is 0 Å². The number of hydroxylamine groups is 1. The standard InChI is InChI=1S/C15H13N3O2/c1-2-4-9-8(3-1)5-6-10(16-9)14-13-11-7-12(19-17-11)15(13)20-18-14/h1-6,11-13,15,17H,7H2/t11-,12+,13-,15-/m1/s1. The molecular formula is C15H13N3O2. The van der Waals surface area contributed by atoms with E-state index in [1.165, 1.54) is 0 Å². The van der Waals surface area contributed by atoms with E-state index < -0.39 is 0 Å². The quantitative estimate of drug-likeness (QED) is 0.853. The molecule has 3 aliphatic rings. The fourth-order valence-electron chi connectivity index (χ4n) is 3.49. The summed E-state index contributed by atoms with van der Waals surface area (Å²) in [6.07, 6.45) is 1.15. The monoisotopic (exact) mass is 267 g/mol. The lowest BCUT2D eigenvalue weighted by Crippen LogP contribution is -2.43. The summed E-state index contributed by atoms with van der Waals surface area (Å²) >= 11 is 0. The van der Waals surface area contributed by atoms with Gasteiger partial charge in [0.1, 0.15) is 11.8 Å². The van der Waals surface area contributed by atoms with Crippen LogP contribution in [0.3, 0.4) is 0 Å². The van der Waals surface area contributed by atoms with Crippen molar-refractivity contribution in [3.8, 4) is 0 Å². The van der Waals surface area contributed by atoms with Crippen LogP contribution >= 0.6 is 0 Å². The number of para-hydroxylation sites is 1. The van der Waals surface area contributed by atoms with Gasteiger partial charge in [0.2, 0.25) is 0 Å². The highest BCUT2D eigenvalue weighted by atomic mass is 16.7. The zero-order valence-corrected chi connectivity index (χ0v) is 10.7. The number of fused-ring (bicyclic) bond motifs is 6. The van der Waals surface area contributed by atoms with Crippen molar-refractivity contribution in [2.45, 2.75) is 24.7 Å². The maximum absolute atomic E-state index is 5.57. The Bertz CT molecular complexity index is 730. The Morgan fingerprint density at radius 2 is 2.10 bits per heavy atom. The predicted octanol–water partition coefficient (Wildman–Crippen LogP) is 1.63. The summed E-state index contributed by atoms with van der Waals surface area (Å²) in [4.78, 5) is 15.7. The van der Waals surface area contributed by atoms with Crippen LogP contribution in [-0.4, -0.2) is 28.9 Å². The van der Waals surface area contributed by atoms with Crippen LogP contribution in [0.4, 0.5) is 0 Å². The molecule has 1 aliphatic carbocycles. The first-order valence-corrected chi connectivity index (χ1v) is 6.91. The Labute approximate surface area is 115 Å². The van der Waals surface area contributed by atoms with Gasteiger partial charge in [-0.25, -0.2) is 4.98 Å². The van der Waals surface area contributed by atoms with Gasteiger partial charge in [0.05, 0.1) is 17.1 Å². The van der Waals surface area contributed by atoms with Crippen molar-refractivity contribution in [3.05, 3.63) is 42.1 Å². The van der Waals surface area contributed by atoms with Crippen LogP contribution in [0, 0.1) is 5.92 Å². The van der Waals surface area contributed by atoms with E-state index in [1.807, 2.05) is 24.3 Å². The molecule has 2 bridgehead atoms. The number of hydrogen-bond donors (Lipinski definition) is 1. The molecule has 20 heavy (non-hydrogen) atoms. The molecule has 5 rings (SSSR count). The van der Waals surface area contributed by atoms with Gasteiger partial charge >= 0.3 is 0 Å². The normalized spacial score (nSPS) is 34.1. The molecule has 5 nitrogen and oxygen atoms in total. The second kappa shape index (κ2) is 3.77. The SMILES string of the molecule is c1ccc2nc(C3=NO[C@H]4[C@@H]3[C@H]3C[C@@H]4ON3)ccc2c1. The minimum Gasteiger partial charge on any atom is -0.389 e. The maximum atomic E-state index is 5.57. The molecule has 4 atom stereocenters. The molecule has 2 fully saturated rings. The van der Waals surface area contributed by atoms with Crippen LogP contribution in [-0.2, 0) is 9.68 Å². The van der Waals surface area contributed by atoms with Crippen LogP contribution in [0.15, 0.2) is 41.6 Å². The predicted molar refractivity (Wildman–Crippen MR) is 73.1 cm³/mol. The van der Waals surface area contributed by atoms with Crippen LogP contribution < -0.4 is 5.48 Å². The van der Waals surface area contributed by atoms with Crippen molar-refractivity contribution < 1.29 is 9.68 Å². The molecule has 1 saturated heterocycles. The van der Waals surface area contributed by atoms with Gasteiger partial charge < -0.3 is 4.84 Å². The topological polar surface area (TPSA) is 55.7 Å². The average Bonchev–Trinajstić information content (AvgIpc) is 3.19. The van der Waals surface area contributed by atoms with Crippen molar-refractivity contribution in [1.82, 2.24) is 10.5 Å². The molecule has 3 heterocycles. The highest BCUT2D eigenvalue weighted by molar-refractivity contribution is 6.03. The van der Waals surface area contributed by atoms with Gasteiger partial charge in [-0.3, -0.25) is 4.84 Å². The molecule has 2 aliphatic heterocycles. The van der Waals surface area contributed by atoms with Gasteiger partial charge in [-0.05, 0) is 18.6 Å². The number of nitrogens with zero attached hydrogens (tertiary/aromatic N) is 2. The zero-order chi connectivity index (χ0) is 13.1. The fraction of sp³-hybridized carbons (Fsp3) is 0.333. The molecule has 1 aromatic heterocycles. The minimum atomic E-state index is 0.0459. The van der Waals surface area contributed by atoms with Crippen LogP contribution in [0.5, 0.6) is 0 Å². The number of rotatable bonds is 1. The smallest absolute Gasteiger partial charge is 0.165 e. The first-order valence-electron chi connectivity index (χ1n) is 6.91. The first kappa shape index (κ1) is 10.8. The highest BCUT2D eigenvalue weighted by Crippen LogP contribution is 2.41. The van der Waals surface area contributed by atoms with Gasteiger partial charge in [-0.1, -0.05) is 29.4 Å². The molecule has 100 valence electrons. The van der Waals surface area contributed by atoms with Crippen molar-refractivity contribution in [1.29, 1.82) is 0 Å². The minimum absolute atomic E-state index is 0.0459. The van der Waals surface area contributed by atoms with Gasteiger partial charge in [0, 0.05) is 11.4 Å². The molecule has 1 aromatic carbocycles. The van der Waals surface area contributed by atoms with E-state index in [4.69, 9.17) is 14.7 Å². The largest absolute Gasteiger partial charge is 0.389 e. The van der Waals surface area contributed by atoms with Crippen molar-refractivity contribution >= 4 is 16.6 Å². The maximum Gasteiger partial charge on any atom is 0.165 e. The third-order valence-electron chi connectivity index (χ3n) is 4.46. The van der Waals surface area contributed by atoms with Crippen LogP contribution in [0.25, 0.3) is 10.9 Å². The summed E-state index contributed by atoms with van der Waals surface area (Å²) in [7, 11) is 0. The summed E-state index contributed by atoms with van der Waals surface area (Å²) in [5.74, 6) is 0.252. The van der Waals surface area contributed by atoms with E-state index in [1.54, 1.807) is 0 Å². The second-order valence-electron chi connectivity index (χ2n) is 5.58. The van der Waals surface area contributed by atoms with Crippen molar-refractivity contribution in [3.63, 3.8) is 0 Å². The van der Waals surface area contributed by atoms with Gasteiger partial charge in [0.15, 0.2) is 6.10 Å². The molecule has 0 amide bonds. The Morgan fingerprint density at radius 3 is 3.10 bits per heavy atom. The summed E-state index contributed by atoms with van der Waals surface area (Å²) in [5.41, 5.74) is 5.92. The molecule has 0 radical (unpaired) electrons. The number of aromatic nitrogens is 1. The second-order valence-corrected chi connectivity index (χ2v) is 5.58. The van der Waals surface area contributed by atoms with Gasteiger partial charge in [-0.15, -0.1) is 0 Å². The number of benzene rings is 1. The molecule has 5 heteroatoms. The lowest BCUT2D eigenvalue weighted by molar-refractivity contribution is -0.0998. The molecule has 2 aromatic rings. The van der Waals surface area contributed by atoms with Gasteiger partial charge in [-0.2, -0.15) is 5.48 Å². The van der Waals surface area contributed by atoms with Crippen LogP contribution in [0.1, 0.15) is 12.1 Å². The lowest BCUT2D eigenvalue weighted by atomic mass is 9.93. The summed E-state index contributed by atoms with van der Waals surface area (Å²) in [6.45, 7) is 0. The molecule has 0 unspecified atom stereocenters. The number of oxime groups is 1. The fourth-order valence-corrected chi connectivity index (χ4v) is 3.49. The lowest BCUT2D eigenvalue weighted by Gasteiger charge is -2.23. The van der Waals surface area contributed by atoms with E-state index >= 15 is 0 Å². The van der Waals surface area contributed by atoms with E-state index in [0.29, 0.717) is 6.04 Å². The number of hydrogen-bond acceptors (Lipinski definition) is 5. The average molecular weight is 267 g/mol. The van der Waals surface area contributed by atoms with E-state index in [2.05, 4.69) is 22.8 Å². The number of pyridine rings is 1. The van der Waals surface area contributed by atoms with E-state index in [-0.39, 0.29) is 18.1 Å². The Hall–Kier alpha value is -1.98. The summed E-state index contributed by atoms with van der Waals surface area (Å²) < 4.78 is 0. The highest BCUT2D eigenvalue weighted by Gasteiger charge is 2.56. The van der Waals surface area contributed by atoms with Crippen LogP contribution in [0.2, 0.25) is 0 Å². The molecule has 1 saturated carbocycles. The van der Waals surface area contributed by atoms with Crippen molar-refractivity contribution in [2.75, 3.05) is 0 Å². The third-order valence-corrected chi connectivity index (χ3v) is 4.46. The Kier molecular flexibility index (Phi) is 2.03. The van der Waals surface area contributed by atoms with E-state index in [9.17, 15) is 0 Å². The summed E-state index contributed by atoms with van der Waals surface area (Å²) in [5, 5.41) is 5.41. The molecule has 1 N–H and O–H groups in total. The molecule has 0 spiro atoms. The Balaban J connectivity index is 1.58. The first-order chi connectivity index (χ1) is 9.90. The third kappa shape index (κ3) is 1.34. The summed E-state index contributed by atoms with van der Waals surface area (Å²) in [6, 6.07) is 12.5.